The van der Waals surface area contributed by atoms with Gasteiger partial charge in [0.2, 0.25) is 0 Å². The number of fused-ring (bicyclic) bond motifs is 10. The van der Waals surface area contributed by atoms with Crippen molar-refractivity contribution in [3.8, 4) is 22.3 Å². The maximum absolute atomic E-state index is 2.54. The second kappa shape index (κ2) is 13.3. The Morgan fingerprint density at radius 1 is 0.279 bits per heavy atom. The summed E-state index contributed by atoms with van der Waals surface area (Å²) in [6.07, 6.45) is 0. The van der Waals surface area contributed by atoms with E-state index in [1.807, 2.05) is 0 Å². The van der Waals surface area contributed by atoms with E-state index in [0.717, 1.165) is 11.4 Å². The van der Waals surface area contributed by atoms with Crippen LogP contribution in [0.4, 0.5) is 34.1 Å². The first-order chi connectivity index (χ1) is 30.3. The van der Waals surface area contributed by atoms with Crippen LogP contribution < -0.4 is 26.2 Å². The lowest BCUT2D eigenvalue weighted by Crippen LogP contribution is -2.61. The minimum absolute atomic E-state index is 0.0277. The molecule has 0 radical (unpaired) electrons. The summed E-state index contributed by atoms with van der Waals surface area (Å²) in [4.78, 5) is 5.09. The van der Waals surface area contributed by atoms with Crippen LogP contribution in [0.25, 0.3) is 65.3 Å². The van der Waals surface area contributed by atoms with Gasteiger partial charge in [-0.15, -0.1) is 0 Å². The zero-order chi connectivity index (χ0) is 40.0. The molecule has 3 heteroatoms. The molecule has 0 N–H and O–H groups in total. The number of anilines is 6. The van der Waals surface area contributed by atoms with Crippen molar-refractivity contribution in [3.63, 3.8) is 0 Å². The first-order valence-electron chi connectivity index (χ1n) is 21.2. The number of benzene rings is 11. The largest absolute Gasteiger partial charge is 0.311 e. The maximum Gasteiger partial charge on any atom is 0.252 e. The molecule has 0 unspecified atom stereocenters. The fourth-order valence-corrected chi connectivity index (χ4v) is 10.5. The molecule has 0 aliphatic carbocycles. The third-order valence-electron chi connectivity index (χ3n) is 13.1. The van der Waals surface area contributed by atoms with Crippen molar-refractivity contribution in [2.75, 3.05) is 9.80 Å². The Balaban J connectivity index is 1.20. The molecule has 0 saturated heterocycles. The van der Waals surface area contributed by atoms with Crippen molar-refractivity contribution >= 4 is 100 Å². The van der Waals surface area contributed by atoms with Crippen molar-refractivity contribution in [1.29, 1.82) is 0 Å². The summed E-state index contributed by atoms with van der Waals surface area (Å²) in [6.45, 7) is -0.0277. The summed E-state index contributed by atoms with van der Waals surface area (Å²) in [5.74, 6) is 0. The molecular formula is C58H37BN2. The highest BCUT2D eigenvalue weighted by Gasteiger charge is 2.44. The average Bonchev–Trinajstić information content (AvgIpc) is 3.33. The van der Waals surface area contributed by atoms with Crippen molar-refractivity contribution in [1.82, 2.24) is 0 Å². The predicted octanol–water partition coefficient (Wildman–Crippen LogP) is 13.7. The number of rotatable bonds is 4. The van der Waals surface area contributed by atoms with E-state index in [9.17, 15) is 0 Å². The van der Waals surface area contributed by atoms with Crippen LogP contribution in [-0.4, -0.2) is 6.71 Å². The van der Waals surface area contributed by atoms with Gasteiger partial charge in [0.15, 0.2) is 0 Å². The Kier molecular flexibility index (Phi) is 7.43. The Morgan fingerprint density at radius 2 is 0.689 bits per heavy atom. The molecule has 2 nitrogen and oxygen atoms in total. The lowest BCUT2D eigenvalue weighted by molar-refractivity contribution is 1.26. The summed E-state index contributed by atoms with van der Waals surface area (Å²) >= 11 is 0. The van der Waals surface area contributed by atoms with Crippen LogP contribution in [0.3, 0.4) is 0 Å². The molecule has 0 aromatic heterocycles. The van der Waals surface area contributed by atoms with Gasteiger partial charge in [-0.2, -0.15) is 0 Å². The molecule has 11 aromatic carbocycles. The lowest BCUT2D eigenvalue weighted by Gasteiger charge is -2.45. The lowest BCUT2D eigenvalue weighted by atomic mass is 9.33. The van der Waals surface area contributed by atoms with Gasteiger partial charge in [-0.05, 0) is 130 Å². The fraction of sp³-hybridized carbons (Fsp3) is 0. The number of hydrogen-bond donors (Lipinski definition) is 0. The first kappa shape index (κ1) is 34.0. The van der Waals surface area contributed by atoms with Gasteiger partial charge >= 0.3 is 0 Å². The Hall–Kier alpha value is -7.88. The minimum Gasteiger partial charge on any atom is -0.311 e. The molecule has 0 amide bonds. The number of hydrogen-bond acceptors (Lipinski definition) is 2. The van der Waals surface area contributed by atoms with Gasteiger partial charge in [0.1, 0.15) is 0 Å². The van der Waals surface area contributed by atoms with E-state index in [2.05, 4.69) is 234 Å². The molecule has 0 atom stereocenters. The quantitative estimate of drug-likeness (QED) is 0.130. The summed E-state index contributed by atoms with van der Waals surface area (Å²) in [5, 5.41) is 10.1. The monoisotopic (exact) mass is 772 g/mol. The van der Waals surface area contributed by atoms with Crippen molar-refractivity contribution in [3.05, 3.63) is 224 Å². The average molecular weight is 773 g/mol. The number of nitrogens with zero attached hydrogens (tertiary/aromatic N) is 2. The standard InChI is InChI=1S/C58H37BN2/c1-4-16-38(17-5-1)46-24-14-15-27-49(46)43-34-56-58-57(35-43)61(45-22-8-3-9-23-45)55-37-51-42(31-29-40-19-11-13-26-48(40)51)33-53(55)59(58)52-32-41-30-28-39-18-10-12-25-47(39)50(41)36-54(52)60(56)44-20-6-2-7-21-44/h1-37H. The van der Waals surface area contributed by atoms with E-state index in [4.69, 9.17) is 0 Å². The van der Waals surface area contributed by atoms with Crippen LogP contribution in [0.2, 0.25) is 0 Å². The van der Waals surface area contributed by atoms with Crippen LogP contribution in [0.15, 0.2) is 224 Å². The first-order valence-corrected chi connectivity index (χ1v) is 21.2. The van der Waals surface area contributed by atoms with E-state index < -0.39 is 0 Å². The van der Waals surface area contributed by atoms with Crippen LogP contribution in [-0.2, 0) is 0 Å². The van der Waals surface area contributed by atoms with Crippen LogP contribution in [0.5, 0.6) is 0 Å². The molecule has 0 bridgehead atoms. The highest BCUT2D eigenvalue weighted by Crippen LogP contribution is 2.48. The second-order valence-corrected chi connectivity index (χ2v) is 16.5. The van der Waals surface area contributed by atoms with Crippen molar-refractivity contribution < 1.29 is 0 Å². The van der Waals surface area contributed by atoms with E-state index in [1.165, 1.54) is 104 Å². The molecule has 0 saturated carbocycles. The third-order valence-corrected chi connectivity index (χ3v) is 13.1. The van der Waals surface area contributed by atoms with E-state index in [1.54, 1.807) is 0 Å². The van der Waals surface area contributed by atoms with Gasteiger partial charge in [0.25, 0.3) is 6.71 Å². The van der Waals surface area contributed by atoms with E-state index in [-0.39, 0.29) is 6.71 Å². The SMILES string of the molecule is c1ccc(-c2ccccc2-c2cc3c4c(c2)N(c2ccccc2)c2cc5c(ccc6ccccc65)cc2B4c2cc4ccc5ccccc5c4cc2N3c2ccccc2)cc1. The fourth-order valence-electron chi connectivity index (χ4n) is 10.5. The molecule has 0 spiro atoms. The van der Waals surface area contributed by atoms with E-state index in [0.29, 0.717) is 0 Å². The van der Waals surface area contributed by atoms with Gasteiger partial charge in [0, 0.05) is 34.1 Å². The Bertz CT molecular complexity index is 3350. The zero-order valence-corrected chi connectivity index (χ0v) is 33.3. The minimum atomic E-state index is -0.0277. The molecule has 2 aliphatic rings. The molecule has 282 valence electrons. The summed E-state index contributed by atoms with van der Waals surface area (Å²) in [6, 6.07) is 83.4. The topological polar surface area (TPSA) is 6.48 Å². The smallest absolute Gasteiger partial charge is 0.252 e. The molecule has 11 aromatic rings. The van der Waals surface area contributed by atoms with Crippen LogP contribution in [0, 0.1) is 0 Å². The number of para-hydroxylation sites is 2. The summed E-state index contributed by atoms with van der Waals surface area (Å²) in [5.41, 5.74) is 15.8. The predicted molar refractivity (Wildman–Crippen MR) is 261 cm³/mol. The van der Waals surface area contributed by atoms with Gasteiger partial charge in [-0.3, -0.25) is 0 Å². The van der Waals surface area contributed by atoms with Gasteiger partial charge in [0.05, 0.1) is 0 Å². The molecule has 13 rings (SSSR count). The molecule has 0 fully saturated rings. The Labute approximate surface area is 355 Å². The summed E-state index contributed by atoms with van der Waals surface area (Å²) < 4.78 is 0. The zero-order valence-electron chi connectivity index (χ0n) is 33.3. The molecule has 61 heavy (non-hydrogen) atoms. The maximum atomic E-state index is 2.54. The van der Waals surface area contributed by atoms with Gasteiger partial charge in [-0.25, -0.2) is 0 Å². The normalized spacial score (nSPS) is 12.8. The van der Waals surface area contributed by atoms with E-state index >= 15 is 0 Å². The molecule has 2 aliphatic heterocycles. The molecule has 2 heterocycles. The van der Waals surface area contributed by atoms with Crippen molar-refractivity contribution in [2.24, 2.45) is 0 Å². The Morgan fingerprint density at radius 3 is 1.20 bits per heavy atom. The van der Waals surface area contributed by atoms with Gasteiger partial charge < -0.3 is 9.80 Å². The second-order valence-electron chi connectivity index (χ2n) is 16.5. The van der Waals surface area contributed by atoms with Crippen LogP contribution in [0.1, 0.15) is 0 Å². The third kappa shape index (κ3) is 5.17. The highest BCUT2D eigenvalue weighted by atomic mass is 15.2. The molecular weight excluding hydrogens is 735 g/mol. The highest BCUT2D eigenvalue weighted by molar-refractivity contribution is 7.00. The van der Waals surface area contributed by atoms with Crippen LogP contribution >= 0.6 is 0 Å². The van der Waals surface area contributed by atoms with Gasteiger partial charge in [-0.1, -0.05) is 176 Å². The summed E-state index contributed by atoms with van der Waals surface area (Å²) in [7, 11) is 0. The van der Waals surface area contributed by atoms with Crippen molar-refractivity contribution in [2.45, 2.75) is 0 Å².